The number of rotatable bonds is 13. The molecular formula is C16H21N4Na3O6. The molecule has 0 spiro atoms. The summed E-state index contributed by atoms with van der Waals surface area (Å²) in [5.74, 6) is -4.14. The summed E-state index contributed by atoms with van der Waals surface area (Å²) >= 11 is 0. The van der Waals surface area contributed by atoms with Crippen LogP contribution < -0.4 is 115 Å². The van der Waals surface area contributed by atoms with Gasteiger partial charge in [0.1, 0.15) is 0 Å². The Bertz CT molecular complexity index is 605. The molecule has 3 N–H and O–H groups in total. The van der Waals surface area contributed by atoms with Gasteiger partial charge >= 0.3 is 88.7 Å². The number of nitrogen functional groups attached to an aromatic ring is 1. The first kappa shape index (κ1) is 33.8. The van der Waals surface area contributed by atoms with Crippen LogP contribution in [0.5, 0.6) is 0 Å². The van der Waals surface area contributed by atoms with Crippen LogP contribution in [0.4, 0.5) is 11.4 Å². The molecule has 0 saturated carbocycles. The van der Waals surface area contributed by atoms with Crippen LogP contribution in [0.15, 0.2) is 24.3 Å². The summed E-state index contributed by atoms with van der Waals surface area (Å²) in [6, 6.07) is 7.00. The van der Waals surface area contributed by atoms with Gasteiger partial charge in [-0.2, -0.15) is 0 Å². The monoisotopic (exact) mass is 434 g/mol. The van der Waals surface area contributed by atoms with Crippen LogP contribution in [-0.2, 0) is 14.4 Å². The molecule has 0 aliphatic heterocycles. The van der Waals surface area contributed by atoms with Gasteiger partial charge in [0.25, 0.3) is 0 Å². The van der Waals surface area contributed by atoms with Crippen LogP contribution in [0.25, 0.3) is 0 Å². The molecule has 13 heteroatoms. The number of carboxylic acids is 3. The molecule has 0 fully saturated rings. The number of carbonyl (C=O) groups is 3. The molecule has 0 aliphatic carbocycles. The fraction of sp³-hybridized carbons (Fsp3) is 0.438. The number of nitrogens with zero attached hydrogens (tertiary/aromatic N) is 2. The molecule has 0 aliphatic rings. The molecule has 144 valence electrons. The van der Waals surface area contributed by atoms with Crippen molar-refractivity contribution >= 4 is 29.3 Å². The van der Waals surface area contributed by atoms with Gasteiger partial charge in [-0.3, -0.25) is 9.80 Å². The number of aliphatic carboxylic acids is 3. The minimum atomic E-state index is -1.43. The van der Waals surface area contributed by atoms with E-state index in [9.17, 15) is 29.7 Å². The number of benzene rings is 1. The number of hydrogen-bond acceptors (Lipinski definition) is 10. The molecule has 0 atom stereocenters. The van der Waals surface area contributed by atoms with Crippen molar-refractivity contribution < 1.29 is 118 Å². The molecule has 0 amide bonds. The maximum atomic E-state index is 10.9. The van der Waals surface area contributed by atoms with Gasteiger partial charge in [-0.05, 0) is 24.3 Å². The minimum absolute atomic E-state index is 0. The van der Waals surface area contributed by atoms with Gasteiger partial charge in [-0.15, -0.1) is 0 Å². The summed E-state index contributed by atoms with van der Waals surface area (Å²) in [6.45, 7) is -0.641. The first-order chi connectivity index (χ1) is 12.3. The Kier molecular flexibility index (Phi) is 22.0. The fourth-order valence-electron chi connectivity index (χ4n) is 2.27. The minimum Gasteiger partial charge on any atom is -0.549 e. The largest absolute Gasteiger partial charge is 1.00 e. The molecule has 0 heterocycles. The van der Waals surface area contributed by atoms with E-state index in [4.69, 9.17) is 5.73 Å². The Morgan fingerprint density at radius 3 is 1.62 bits per heavy atom. The van der Waals surface area contributed by atoms with E-state index in [0.717, 1.165) is 10.6 Å². The summed E-state index contributed by atoms with van der Waals surface area (Å²) in [5, 5.41) is 35.3. The molecule has 1 aromatic carbocycles. The summed E-state index contributed by atoms with van der Waals surface area (Å²) in [6.07, 6.45) is 0. The Labute approximate surface area is 236 Å². The summed E-state index contributed by atoms with van der Waals surface area (Å²) < 4.78 is 0. The molecule has 0 bridgehead atoms. The van der Waals surface area contributed by atoms with Gasteiger partial charge in [0.05, 0.1) is 17.9 Å². The maximum absolute atomic E-state index is 10.9. The van der Waals surface area contributed by atoms with Crippen LogP contribution in [0.1, 0.15) is 0 Å². The van der Waals surface area contributed by atoms with Crippen LogP contribution in [0.3, 0.4) is 0 Å². The molecule has 0 saturated heterocycles. The summed E-state index contributed by atoms with van der Waals surface area (Å²) in [5.41, 5.74) is 7.02. The van der Waals surface area contributed by atoms with Crippen molar-refractivity contribution in [1.82, 2.24) is 9.80 Å². The number of hydrogen-bond donors (Lipinski definition) is 2. The SMILES string of the molecule is Nc1ccc(NCCN(CCN(CC(=O)[O-])CC(=O)[O-])CC(=O)[O-])cc1.[Na+].[Na+].[Na+]. The van der Waals surface area contributed by atoms with Crippen LogP contribution in [0, 0.1) is 0 Å². The van der Waals surface area contributed by atoms with Gasteiger partial charge in [0.15, 0.2) is 0 Å². The quantitative estimate of drug-likeness (QED) is 0.225. The van der Waals surface area contributed by atoms with Crippen molar-refractivity contribution in [2.45, 2.75) is 0 Å². The van der Waals surface area contributed by atoms with Crippen molar-refractivity contribution in [3.05, 3.63) is 24.3 Å². The van der Waals surface area contributed by atoms with E-state index >= 15 is 0 Å². The van der Waals surface area contributed by atoms with Crippen LogP contribution in [-0.4, -0.2) is 73.5 Å². The van der Waals surface area contributed by atoms with E-state index in [0.29, 0.717) is 18.8 Å². The van der Waals surface area contributed by atoms with E-state index in [2.05, 4.69) is 5.32 Å². The van der Waals surface area contributed by atoms with E-state index < -0.39 is 31.0 Å². The third kappa shape index (κ3) is 17.5. The number of nitrogens with two attached hydrogens (primary N) is 1. The molecule has 0 unspecified atom stereocenters. The Balaban J connectivity index is -0.00000225. The topological polar surface area (TPSA) is 165 Å². The maximum Gasteiger partial charge on any atom is 1.00 e. The van der Waals surface area contributed by atoms with Gasteiger partial charge in [-0.1, -0.05) is 0 Å². The molecule has 10 nitrogen and oxygen atoms in total. The van der Waals surface area contributed by atoms with Gasteiger partial charge < -0.3 is 40.8 Å². The average Bonchev–Trinajstić information content (AvgIpc) is 2.52. The van der Waals surface area contributed by atoms with E-state index in [1.54, 1.807) is 24.3 Å². The second kappa shape index (κ2) is 18.9. The zero-order valence-corrected chi connectivity index (χ0v) is 23.2. The van der Waals surface area contributed by atoms with E-state index in [-0.39, 0.29) is 108 Å². The molecule has 29 heavy (non-hydrogen) atoms. The Morgan fingerprint density at radius 1 is 0.759 bits per heavy atom. The second-order valence-corrected chi connectivity index (χ2v) is 5.65. The van der Waals surface area contributed by atoms with Gasteiger partial charge in [-0.25, -0.2) is 0 Å². The van der Waals surface area contributed by atoms with E-state index in [1.165, 1.54) is 4.90 Å². The smallest absolute Gasteiger partial charge is 0.549 e. The van der Waals surface area contributed by atoms with Crippen molar-refractivity contribution in [1.29, 1.82) is 0 Å². The van der Waals surface area contributed by atoms with Crippen LogP contribution in [0.2, 0.25) is 0 Å². The predicted molar refractivity (Wildman–Crippen MR) is 87.2 cm³/mol. The van der Waals surface area contributed by atoms with Crippen molar-refractivity contribution in [2.24, 2.45) is 0 Å². The number of carboxylic acid groups (broad SMARTS) is 3. The summed E-state index contributed by atoms with van der Waals surface area (Å²) in [4.78, 5) is 34.8. The normalized spacial score (nSPS) is 9.72. The zero-order chi connectivity index (χ0) is 19.5. The molecular weight excluding hydrogens is 413 g/mol. The number of anilines is 2. The van der Waals surface area contributed by atoms with Crippen molar-refractivity contribution in [2.75, 3.05) is 56.9 Å². The summed E-state index contributed by atoms with van der Waals surface area (Å²) in [7, 11) is 0. The average molecular weight is 434 g/mol. The van der Waals surface area contributed by atoms with Crippen molar-refractivity contribution in [3.8, 4) is 0 Å². The molecule has 1 rings (SSSR count). The zero-order valence-electron chi connectivity index (χ0n) is 17.2. The second-order valence-electron chi connectivity index (χ2n) is 5.65. The first-order valence-electron chi connectivity index (χ1n) is 7.90. The first-order valence-corrected chi connectivity index (χ1v) is 7.90. The molecule has 1 aromatic rings. The third-order valence-corrected chi connectivity index (χ3v) is 3.46. The number of nitrogens with one attached hydrogen (secondary N) is 1. The Morgan fingerprint density at radius 2 is 1.17 bits per heavy atom. The Hall–Kier alpha value is 0.150. The van der Waals surface area contributed by atoms with Crippen molar-refractivity contribution in [3.63, 3.8) is 0 Å². The van der Waals surface area contributed by atoms with Crippen LogP contribution >= 0.6 is 0 Å². The van der Waals surface area contributed by atoms with E-state index in [1.807, 2.05) is 0 Å². The molecule has 0 aromatic heterocycles. The fourth-order valence-corrected chi connectivity index (χ4v) is 2.27. The van der Waals surface area contributed by atoms with Gasteiger partial charge in [0, 0.05) is 57.2 Å². The van der Waals surface area contributed by atoms with Gasteiger partial charge in [0.2, 0.25) is 0 Å². The standard InChI is InChI=1S/C16H24N4O6.3Na/c17-12-1-3-13(4-2-12)18-5-6-19(9-14(21)22)7-8-20(10-15(23)24)11-16(25)26;;;/h1-4,18H,5-11,17H2,(H,21,22)(H,23,24)(H,25,26);;;/q;3*+1/p-3. The third-order valence-electron chi connectivity index (χ3n) is 3.46. The number of carbonyl (C=O) groups excluding carboxylic acids is 3. The predicted octanol–water partition coefficient (Wildman–Crippen LogP) is -13.5. The molecule has 0 radical (unpaired) electrons.